The minimum atomic E-state index is -0.889. The summed E-state index contributed by atoms with van der Waals surface area (Å²) in [7, 11) is 0. The quantitative estimate of drug-likeness (QED) is 0.800. The number of esters is 2. The van der Waals surface area contributed by atoms with Gasteiger partial charge in [0.15, 0.2) is 0 Å². The molecule has 1 amide bonds. The maximum atomic E-state index is 12.3. The zero-order valence-corrected chi connectivity index (χ0v) is 14.2. The van der Waals surface area contributed by atoms with Crippen LogP contribution in [-0.2, 0) is 30.3 Å². The maximum absolute atomic E-state index is 12.3. The van der Waals surface area contributed by atoms with Gasteiger partial charge in [-0.2, -0.15) is 0 Å². The van der Waals surface area contributed by atoms with Crippen molar-refractivity contribution in [2.45, 2.75) is 51.9 Å². The van der Waals surface area contributed by atoms with Gasteiger partial charge in [-0.25, -0.2) is 9.59 Å². The minimum Gasteiger partial charge on any atom is -0.460 e. The van der Waals surface area contributed by atoms with Crippen LogP contribution in [0.15, 0.2) is 30.3 Å². The number of hydrogen-bond acceptors (Lipinski definition) is 5. The lowest BCUT2D eigenvalue weighted by atomic mass is 10.0. The summed E-state index contributed by atoms with van der Waals surface area (Å²) >= 11 is 0. The van der Waals surface area contributed by atoms with Gasteiger partial charge in [-0.3, -0.25) is 4.79 Å². The molecule has 0 aromatic heterocycles. The van der Waals surface area contributed by atoms with Crippen molar-refractivity contribution in [1.29, 1.82) is 0 Å². The van der Waals surface area contributed by atoms with Crippen LogP contribution in [0, 0.1) is 5.92 Å². The monoisotopic (exact) mass is 333 g/mol. The maximum Gasteiger partial charge on any atom is 0.347 e. The van der Waals surface area contributed by atoms with Crippen molar-refractivity contribution in [3.8, 4) is 0 Å². The molecule has 0 bridgehead atoms. The number of benzene rings is 1. The lowest BCUT2D eigenvalue weighted by Crippen LogP contribution is -2.47. The normalized spacial score (nSPS) is 21.2. The van der Waals surface area contributed by atoms with E-state index < -0.39 is 24.1 Å². The van der Waals surface area contributed by atoms with E-state index in [4.69, 9.17) is 9.47 Å². The third-order valence-corrected chi connectivity index (χ3v) is 3.83. The highest BCUT2D eigenvalue weighted by Gasteiger charge is 2.37. The number of rotatable bonds is 6. The van der Waals surface area contributed by atoms with Crippen LogP contribution in [0.5, 0.6) is 0 Å². The number of cyclic esters (lactones) is 1. The third-order valence-electron chi connectivity index (χ3n) is 3.83. The van der Waals surface area contributed by atoms with E-state index in [0.29, 0.717) is 6.42 Å². The Hall–Kier alpha value is -2.37. The Kier molecular flexibility index (Phi) is 5.95. The van der Waals surface area contributed by atoms with Crippen LogP contribution in [0.1, 0.15) is 32.8 Å². The highest BCUT2D eigenvalue weighted by Crippen LogP contribution is 2.18. The van der Waals surface area contributed by atoms with Crippen LogP contribution in [0.25, 0.3) is 0 Å². The van der Waals surface area contributed by atoms with E-state index in [1.165, 1.54) is 0 Å². The summed E-state index contributed by atoms with van der Waals surface area (Å²) in [4.78, 5) is 36.1. The zero-order valence-electron chi connectivity index (χ0n) is 14.2. The lowest BCUT2D eigenvalue weighted by Gasteiger charge is -2.22. The lowest BCUT2D eigenvalue weighted by molar-refractivity contribution is -0.163. The van der Waals surface area contributed by atoms with Gasteiger partial charge < -0.3 is 14.8 Å². The Balaban J connectivity index is 1.94. The van der Waals surface area contributed by atoms with E-state index in [-0.39, 0.29) is 24.3 Å². The predicted octanol–water partition coefficient (Wildman–Crippen LogP) is 1.62. The first-order valence-electron chi connectivity index (χ1n) is 8.11. The van der Waals surface area contributed by atoms with E-state index in [9.17, 15) is 14.4 Å². The highest BCUT2D eigenvalue weighted by molar-refractivity contribution is 5.87. The second-order valence-electron chi connectivity index (χ2n) is 6.36. The Morgan fingerprint density at radius 1 is 1.29 bits per heavy atom. The molecule has 1 aromatic carbocycles. The van der Waals surface area contributed by atoms with Gasteiger partial charge in [-0.15, -0.1) is 0 Å². The molecule has 1 aliphatic heterocycles. The molecule has 1 heterocycles. The Morgan fingerprint density at radius 3 is 2.50 bits per heavy atom. The van der Waals surface area contributed by atoms with Gasteiger partial charge in [0.25, 0.3) is 0 Å². The van der Waals surface area contributed by atoms with Gasteiger partial charge in [0.1, 0.15) is 12.1 Å². The average molecular weight is 333 g/mol. The molecule has 1 aliphatic rings. The second kappa shape index (κ2) is 7.95. The molecule has 2 unspecified atom stereocenters. The summed E-state index contributed by atoms with van der Waals surface area (Å²) < 4.78 is 10.2. The van der Waals surface area contributed by atoms with Crippen molar-refractivity contribution in [1.82, 2.24) is 5.32 Å². The third kappa shape index (κ3) is 4.81. The molecule has 1 aromatic rings. The molecule has 6 heteroatoms. The van der Waals surface area contributed by atoms with Crippen molar-refractivity contribution in [3.05, 3.63) is 35.9 Å². The Morgan fingerprint density at radius 2 is 1.96 bits per heavy atom. The fourth-order valence-electron chi connectivity index (χ4n) is 2.53. The van der Waals surface area contributed by atoms with Crippen LogP contribution < -0.4 is 5.32 Å². The van der Waals surface area contributed by atoms with Crippen molar-refractivity contribution < 1.29 is 23.9 Å². The van der Waals surface area contributed by atoms with Gasteiger partial charge in [0, 0.05) is 6.42 Å². The predicted molar refractivity (Wildman–Crippen MR) is 87.0 cm³/mol. The summed E-state index contributed by atoms with van der Waals surface area (Å²) in [5.41, 5.74) is 0.860. The number of carbonyl (C=O) groups is 3. The number of ether oxygens (including phenoxy) is 2. The van der Waals surface area contributed by atoms with E-state index in [1.54, 1.807) is 6.92 Å². The summed E-state index contributed by atoms with van der Waals surface area (Å²) in [6.07, 6.45) is -0.632. The molecule has 2 rings (SSSR count). The number of amides is 1. The topological polar surface area (TPSA) is 81.7 Å². The van der Waals surface area contributed by atoms with Crippen LogP contribution in [0.2, 0.25) is 0 Å². The van der Waals surface area contributed by atoms with Gasteiger partial charge in [0.05, 0.1) is 6.42 Å². The molecule has 0 aliphatic carbocycles. The molecule has 1 N–H and O–H groups in total. The van der Waals surface area contributed by atoms with Gasteiger partial charge in [0.2, 0.25) is 12.0 Å². The highest BCUT2D eigenvalue weighted by atomic mass is 16.6. The molecule has 24 heavy (non-hydrogen) atoms. The first-order valence-corrected chi connectivity index (χ1v) is 8.11. The first-order chi connectivity index (χ1) is 11.4. The number of carbonyl (C=O) groups excluding carboxylic acids is 3. The van der Waals surface area contributed by atoms with E-state index in [1.807, 2.05) is 44.2 Å². The number of hydrogen-bond donors (Lipinski definition) is 1. The van der Waals surface area contributed by atoms with Crippen molar-refractivity contribution in [2.24, 2.45) is 5.92 Å². The SMILES string of the molecule is CC1CC(OC(=O)[C@@H](NC(=O)Cc2ccccc2)C(C)C)C(=O)O1. The van der Waals surface area contributed by atoms with Crippen molar-refractivity contribution in [2.75, 3.05) is 0 Å². The van der Waals surface area contributed by atoms with E-state index in [0.717, 1.165) is 5.56 Å². The molecule has 0 radical (unpaired) electrons. The largest absolute Gasteiger partial charge is 0.460 e. The van der Waals surface area contributed by atoms with Gasteiger partial charge in [-0.05, 0) is 18.4 Å². The van der Waals surface area contributed by atoms with Gasteiger partial charge >= 0.3 is 11.9 Å². The van der Waals surface area contributed by atoms with Crippen LogP contribution in [0.3, 0.4) is 0 Å². The summed E-state index contributed by atoms with van der Waals surface area (Å²) in [5, 5.41) is 2.70. The number of nitrogens with one attached hydrogen (secondary N) is 1. The molecule has 0 spiro atoms. The molecule has 0 saturated carbocycles. The van der Waals surface area contributed by atoms with Gasteiger partial charge in [-0.1, -0.05) is 44.2 Å². The molecule has 6 nitrogen and oxygen atoms in total. The summed E-state index contributed by atoms with van der Waals surface area (Å²) in [6, 6.07) is 8.46. The zero-order chi connectivity index (χ0) is 17.7. The average Bonchev–Trinajstić information content (AvgIpc) is 2.83. The fourth-order valence-corrected chi connectivity index (χ4v) is 2.53. The molecule has 130 valence electrons. The van der Waals surface area contributed by atoms with E-state index in [2.05, 4.69) is 5.32 Å². The Labute approximate surface area is 141 Å². The van der Waals surface area contributed by atoms with Crippen LogP contribution in [-0.4, -0.2) is 36.1 Å². The Bertz CT molecular complexity index is 599. The van der Waals surface area contributed by atoms with Crippen molar-refractivity contribution in [3.63, 3.8) is 0 Å². The van der Waals surface area contributed by atoms with E-state index >= 15 is 0 Å². The standard InChI is InChI=1S/C18H23NO5/c1-11(2)16(18(22)24-14-9-12(3)23-17(14)21)19-15(20)10-13-7-5-4-6-8-13/h4-8,11-12,14,16H,9-10H2,1-3H3,(H,19,20)/t12?,14?,16-/m0/s1. The summed E-state index contributed by atoms with van der Waals surface area (Å²) in [6.45, 7) is 5.36. The van der Waals surface area contributed by atoms with Crippen LogP contribution in [0.4, 0.5) is 0 Å². The minimum absolute atomic E-state index is 0.160. The smallest absolute Gasteiger partial charge is 0.347 e. The molecule has 1 saturated heterocycles. The fraction of sp³-hybridized carbons (Fsp3) is 0.500. The first kappa shape index (κ1) is 18.0. The van der Waals surface area contributed by atoms with Crippen LogP contribution >= 0.6 is 0 Å². The second-order valence-corrected chi connectivity index (χ2v) is 6.36. The van der Waals surface area contributed by atoms with Crippen molar-refractivity contribution >= 4 is 17.8 Å². The molecular weight excluding hydrogens is 310 g/mol. The molecule has 3 atom stereocenters. The summed E-state index contributed by atoms with van der Waals surface area (Å²) in [5.74, 6) is -1.57. The molecule has 1 fully saturated rings. The molecular formula is C18H23NO5.